The molecule has 2 heterocycles. The molecular weight excluding hydrogens is 419 g/mol. The second kappa shape index (κ2) is 9.97. The number of amides is 1. The Kier molecular flexibility index (Phi) is 7.07. The van der Waals surface area contributed by atoms with Crippen LogP contribution in [0, 0.1) is 25.6 Å². The van der Waals surface area contributed by atoms with Crippen LogP contribution >= 0.6 is 11.3 Å². The Morgan fingerprint density at radius 2 is 1.78 bits per heavy atom. The monoisotopic (exact) mass is 450 g/mol. The van der Waals surface area contributed by atoms with Crippen molar-refractivity contribution >= 4 is 17.2 Å². The van der Waals surface area contributed by atoms with E-state index in [-0.39, 0.29) is 11.7 Å². The van der Waals surface area contributed by atoms with E-state index in [1.54, 1.807) is 19.1 Å². The molecule has 0 unspecified atom stereocenters. The van der Waals surface area contributed by atoms with Gasteiger partial charge >= 0.3 is 0 Å². The van der Waals surface area contributed by atoms with Crippen LogP contribution in [-0.2, 0) is 17.9 Å². The fourth-order valence-corrected chi connectivity index (χ4v) is 5.58. The molecule has 1 fully saturated rings. The van der Waals surface area contributed by atoms with E-state index in [0.717, 1.165) is 25.2 Å². The summed E-state index contributed by atoms with van der Waals surface area (Å²) in [5.41, 5.74) is 4.91. The molecule has 0 aliphatic carbocycles. The Morgan fingerprint density at radius 1 is 1.06 bits per heavy atom. The fourth-order valence-electron chi connectivity index (χ4n) is 4.63. The zero-order valence-corrected chi connectivity index (χ0v) is 19.9. The maximum atomic E-state index is 13.3. The zero-order chi connectivity index (χ0) is 22.7. The summed E-state index contributed by atoms with van der Waals surface area (Å²) in [5.74, 6) is 0.538. The summed E-state index contributed by atoms with van der Waals surface area (Å²) >= 11 is 1.82. The number of halogens is 1. The van der Waals surface area contributed by atoms with E-state index >= 15 is 0 Å². The molecule has 0 N–H and O–H groups in total. The van der Waals surface area contributed by atoms with Crippen LogP contribution in [0.2, 0.25) is 0 Å². The Labute approximate surface area is 194 Å². The van der Waals surface area contributed by atoms with Gasteiger partial charge in [0, 0.05) is 50.4 Å². The van der Waals surface area contributed by atoms with Gasteiger partial charge in [0.25, 0.3) is 0 Å². The molecule has 3 aromatic rings. The highest BCUT2D eigenvalue weighted by Crippen LogP contribution is 2.35. The molecule has 0 spiro atoms. The van der Waals surface area contributed by atoms with E-state index in [1.807, 2.05) is 16.2 Å². The summed E-state index contributed by atoms with van der Waals surface area (Å²) in [5, 5.41) is 2.16. The molecule has 0 saturated carbocycles. The van der Waals surface area contributed by atoms with Gasteiger partial charge in [0.2, 0.25) is 5.91 Å². The molecule has 2 atom stereocenters. The highest BCUT2D eigenvalue weighted by Gasteiger charge is 2.35. The van der Waals surface area contributed by atoms with Crippen molar-refractivity contribution in [3.05, 3.63) is 92.9 Å². The van der Waals surface area contributed by atoms with Crippen molar-refractivity contribution in [2.75, 3.05) is 19.6 Å². The molecule has 1 saturated heterocycles. The van der Waals surface area contributed by atoms with Crippen molar-refractivity contribution < 1.29 is 9.18 Å². The quantitative estimate of drug-likeness (QED) is 0.456. The Balaban J connectivity index is 1.54. The second-order valence-electron chi connectivity index (χ2n) is 9.02. The number of carbonyl (C=O) groups is 1. The van der Waals surface area contributed by atoms with Crippen molar-refractivity contribution in [2.45, 2.75) is 39.8 Å². The summed E-state index contributed by atoms with van der Waals surface area (Å²) in [7, 11) is 0. The van der Waals surface area contributed by atoms with Gasteiger partial charge in [-0.1, -0.05) is 42.0 Å². The van der Waals surface area contributed by atoms with Crippen molar-refractivity contribution in [1.82, 2.24) is 9.80 Å². The minimum atomic E-state index is -0.252. The van der Waals surface area contributed by atoms with Gasteiger partial charge < -0.3 is 4.90 Å². The average Bonchev–Trinajstić information content (AvgIpc) is 3.35. The van der Waals surface area contributed by atoms with Crippen LogP contribution in [0.5, 0.6) is 0 Å². The largest absolute Gasteiger partial charge is 0.338 e. The Bertz CT molecular complexity index is 1040. The highest BCUT2D eigenvalue weighted by molar-refractivity contribution is 7.10. The van der Waals surface area contributed by atoms with Crippen molar-refractivity contribution in [2.24, 2.45) is 5.92 Å². The SMILES string of the molecule is CC(=O)N(Cc1ccc(F)cc1)C[C@@H]1CN(Cc2sccc2C)C[C@H]1c1ccc(C)cc1. The molecule has 5 heteroatoms. The third-order valence-electron chi connectivity index (χ3n) is 6.54. The predicted molar refractivity (Wildman–Crippen MR) is 129 cm³/mol. The molecule has 2 aromatic carbocycles. The van der Waals surface area contributed by atoms with Crippen LogP contribution < -0.4 is 0 Å². The third-order valence-corrected chi connectivity index (χ3v) is 7.55. The molecule has 1 aliphatic rings. The van der Waals surface area contributed by atoms with Crippen LogP contribution in [0.4, 0.5) is 4.39 Å². The Hall–Kier alpha value is -2.50. The van der Waals surface area contributed by atoms with Gasteiger partial charge in [0.1, 0.15) is 5.82 Å². The van der Waals surface area contributed by atoms with Gasteiger partial charge in [-0.05, 0) is 60.0 Å². The molecule has 32 heavy (non-hydrogen) atoms. The maximum absolute atomic E-state index is 13.3. The molecule has 3 nitrogen and oxygen atoms in total. The van der Waals surface area contributed by atoms with Gasteiger partial charge in [0.05, 0.1) is 0 Å². The lowest BCUT2D eigenvalue weighted by Crippen LogP contribution is -2.35. The zero-order valence-electron chi connectivity index (χ0n) is 19.1. The summed E-state index contributed by atoms with van der Waals surface area (Å²) in [6.45, 7) is 10.0. The predicted octanol–water partition coefficient (Wildman–Crippen LogP) is 5.77. The first-order chi connectivity index (χ1) is 15.4. The normalized spacial score (nSPS) is 18.8. The molecule has 0 radical (unpaired) electrons. The second-order valence-corrected chi connectivity index (χ2v) is 10.0. The van der Waals surface area contributed by atoms with Gasteiger partial charge in [-0.25, -0.2) is 4.39 Å². The molecule has 168 valence electrons. The van der Waals surface area contributed by atoms with Crippen LogP contribution in [0.25, 0.3) is 0 Å². The van der Waals surface area contributed by atoms with Crippen molar-refractivity contribution in [1.29, 1.82) is 0 Å². The number of likely N-dealkylation sites (tertiary alicyclic amines) is 1. The summed E-state index contributed by atoms with van der Waals surface area (Å²) in [4.78, 5) is 18.4. The lowest BCUT2D eigenvalue weighted by molar-refractivity contribution is -0.130. The van der Waals surface area contributed by atoms with E-state index in [9.17, 15) is 9.18 Å². The molecule has 4 rings (SSSR count). The van der Waals surface area contributed by atoms with Gasteiger partial charge in [-0.3, -0.25) is 9.69 Å². The first kappa shape index (κ1) is 22.7. The first-order valence-corrected chi connectivity index (χ1v) is 12.1. The summed E-state index contributed by atoms with van der Waals surface area (Å²) in [6, 6.07) is 17.5. The summed E-state index contributed by atoms with van der Waals surface area (Å²) in [6.07, 6.45) is 0. The number of carbonyl (C=O) groups excluding carboxylic acids is 1. The van der Waals surface area contributed by atoms with E-state index in [4.69, 9.17) is 0 Å². The van der Waals surface area contributed by atoms with E-state index in [0.29, 0.717) is 24.9 Å². The van der Waals surface area contributed by atoms with E-state index in [1.165, 1.54) is 33.7 Å². The first-order valence-electron chi connectivity index (χ1n) is 11.2. The lowest BCUT2D eigenvalue weighted by atomic mass is 9.88. The number of rotatable bonds is 7. The lowest BCUT2D eigenvalue weighted by Gasteiger charge is -2.28. The number of aryl methyl sites for hydroxylation is 2. The maximum Gasteiger partial charge on any atom is 0.219 e. The molecule has 1 amide bonds. The standard InChI is InChI=1S/C27H31FN2OS/c1-19-4-8-23(9-5-19)26-17-29(18-27-20(2)12-13-32-27)15-24(26)16-30(21(3)31)14-22-6-10-25(28)11-7-22/h4-13,24,26H,14-18H2,1-3H3/t24-,26-/m0/s1. The van der Waals surface area contributed by atoms with Gasteiger partial charge in [-0.15, -0.1) is 11.3 Å². The van der Waals surface area contributed by atoms with Crippen molar-refractivity contribution in [3.63, 3.8) is 0 Å². The smallest absolute Gasteiger partial charge is 0.219 e. The Morgan fingerprint density at radius 3 is 2.41 bits per heavy atom. The number of hydrogen-bond acceptors (Lipinski definition) is 3. The topological polar surface area (TPSA) is 23.6 Å². The molecule has 1 aliphatic heterocycles. The minimum absolute atomic E-state index is 0.0598. The van der Waals surface area contributed by atoms with E-state index in [2.05, 4.69) is 54.5 Å². The van der Waals surface area contributed by atoms with E-state index < -0.39 is 0 Å². The molecular formula is C27H31FN2OS. The molecule has 1 aromatic heterocycles. The van der Waals surface area contributed by atoms with Gasteiger partial charge in [-0.2, -0.15) is 0 Å². The third kappa shape index (κ3) is 5.45. The average molecular weight is 451 g/mol. The van der Waals surface area contributed by atoms with Crippen LogP contribution in [0.1, 0.15) is 40.0 Å². The molecule has 0 bridgehead atoms. The summed E-state index contributed by atoms with van der Waals surface area (Å²) < 4.78 is 13.3. The number of thiophene rings is 1. The van der Waals surface area contributed by atoms with Crippen LogP contribution in [0.3, 0.4) is 0 Å². The van der Waals surface area contributed by atoms with Gasteiger partial charge in [0.15, 0.2) is 0 Å². The highest BCUT2D eigenvalue weighted by atomic mass is 32.1. The van der Waals surface area contributed by atoms with Crippen molar-refractivity contribution in [3.8, 4) is 0 Å². The minimum Gasteiger partial charge on any atom is -0.338 e. The van der Waals surface area contributed by atoms with Crippen LogP contribution in [-0.4, -0.2) is 35.3 Å². The number of hydrogen-bond donors (Lipinski definition) is 0. The van der Waals surface area contributed by atoms with Crippen LogP contribution in [0.15, 0.2) is 60.0 Å². The fraction of sp³-hybridized carbons (Fsp3) is 0.370. The number of nitrogens with zero attached hydrogens (tertiary/aromatic N) is 2. The number of benzene rings is 2.